The van der Waals surface area contributed by atoms with Crippen LogP contribution in [0, 0.1) is 5.92 Å². The van der Waals surface area contributed by atoms with Crippen LogP contribution in [0.5, 0.6) is 5.75 Å². The van der Waals surface area contributed by atoms with Gasteiger partial charge in [-0.05, 0) is 31.9 Å². The Kier molecular flexibility index (Phi) is 5.52. The molecule has 6 heteroatoms. The molecule has 6 nitrogen and oxygen atoms in total. The highest BCUT2D eigenvalue weighted by atomic mass is 16.6. The Labute approximate surface area is 130 Å². The van der Waals surface area contributed by atoms with E-state index < -0.39 is 0 Å². The summed E-state index contributed by atoms with van der Waals surface area (Å²) in [5.74, 6) is 1.83. The van der Waals surface area contributed by atoms with Crippen LogP contribution in [0.2, 0.25) is 0 Å². The molecule has 0 fully saturated rings. The Morgan fingerprint density at radius 1 is 1.27 bits per heavy atom. The zero-order chi connectivity index (χ0) is 15.9. The number of ether oxygens (including phenoxy) is 1. The fourth-order valence-corrected chi connectivity index (χ4v) is 1.69. The third-order valence-electron chi connectivity index (χ3n) is 2.66. The summed E-state index contributed by atoms with van der Waals surface area (Å²) in [5, 5.41) is 8.32. The summed E-state index contributed by atoms with van der Waals surface area (Å²) in [6, 6.07) is 7.71. The van der Waals surface area contributed by atoms with Gasteiger partial charge in [-0.25, -0.2) is 4.98 Å². The van der Waals surface area contributed by atoms with Crippen LogP contribution in [0.3, 0.4) is 0 Å². The van der Waals surface area contributed by atoms with Gasteiger partial charge in [0, 0.05) is 5.56 Å². The molecule has 0 amide bonds. The zero-order valence-corrected chi connectivity index (χ0v) is 13.4. The lowest BCUT2D eigenvalue weighted by molar-refractivity contribution is 0.0851. The maximum atomic E-state index is 5.76. The molecule has 1 aromatic carbocycles. The Morgan fingerprint density at radius 2 is 2.09 bits per heavy atom. The van der Waals surface area contributed by atoms with Crippen LogP contribution in [0.4, 0.5) is 0 Å². The lowest BCUT2D eigenvalue weighted by Crippen LogP contribution is -2.16. The standard InChI is InChI=1S/C16H22N4O2/c1-12(2)9-21-15-7-5-6-14(8-15)16(19-22-13(3)4)20-11-17-10-18-20/h5-8,10-13H,9H2,1-4H3/b19-16+. The molecule has 0 aliphatic carbocycles. The third-order valence-corrected chi connectivity index (χ3v) is 2.66. The van der Waals surface area contributed by atoms with Gasteiger partial charge in [-0.15, -0.1) is 0 Å². The van der Waals surface area contributed by atoms with E-state index >= 15 is 0 Å². The van der Waals surface area contributed by atoms with Crippen LogP contribution >= 0.6 is 0 Å². The third kappa shape index (κ3) is 4.58. The average molecular weight is 302 g/mol. The molecule has 0 radical (unpaired) electrons. The van der Waals surface area contributed by atoms with Gasteiger partial charge in [-0.3, -0.25) is 0 Å². The van der Waals surface area contributed by atoms with Gasteiger partial charge < -0.3 is 9.57 Å². The van der Waals surface area contributed by atoms with Gasteiger partial charge >= 0.3 is 0 Å². The maximum absolute atomic E-state index is 5.76. The Balaban J connectivity index is 2.27. The van der Waals surface area contributed by atoms with Gasteiger partial charge in [0.05, 0.1) is 6.61 Å². The summed E-state index contributed by atoms with van der Waals surface area (Å²) >= 11 is 0. The second kappa shape index (κ2) is 7.59. The molecule has 22 heavy (non-hydrogen) atoms. The van der Waals surface area contributed by atoms with E-state index in [1.165, 1.54) is 6.33 Å². The van der Waals surface area contributed by atoms with Gasteiger partial charge in [0.2, 0.25) is 5.84 Å². The minimum Gasteiger partial charge on any atom is -0.493 e. The molecule has 1 aromatic heterocycles. The minimum absolute atomic E-state index is 0.0149. The zero-order valence-electron chi connectivity index (χ0n) is 13.4. The predicted octanol–water partition coefficient (Wildman–Crippen LogP) is 2.95. The van der Waals surface area contributed by atoms with Crippen molar-refractivity contribution in [3.05, 3.63) is 42.5 Å². The maximum Gasteiger partial charge on any atom is 0.201 e. The van der Waals surface area contributed by atoms with Crippen molar-refractivity contribution in [2.24, 2.45) is 11.1 Å². The first-order valence-corrected chi connectivity index (χ1v) is 7.38. The smallest absolute Gasteiger partial charge is 0.201 e. The number of aromatic nitrogens is 3. The highest BCUT2D eigenvalue weighted by Crippen LogP contribution is 2.16. The molecule has 0 spiro atoms. The molecule has 0 atom stereocenters. The normalized spacial score (nSPS) is 12.0. The number of rotatable bonds is 6. The molecule has 0 saturated heterocycles. The van der Waals surface area contributed by atoms with Gasteiger partial charge in [-0.1, -0.05) is 31.1 Å². The van der Waals surface area contributed by atoms with Crippen molar-refractivity contribution in [1.29, 1.82) is 0 Å². The van der Waals surface area contributed by atoms with Crippen molar-refractivity contribution >= 4 is 5.84 Å². The number of nitrogens with zero attached hydrogens (tertiary/aromatic N) is 4. The van der Waals surface area contributed by atoms with Gasteiger partial charge in [-0.2, -0.15) is 9.78 Å². The first kappa shape index (κ1) is 16.0. The van der Waals surface area contributed by atoms with Crippen molar-refractivity contribution in [3.8, 4) is 5.75 Å². The number of benzene rings is 1. The SMILES string of the molecule is CC(C)COc1cccc(/C(=N\OC(C)C)n2cncn2)c1. The van der Waals surface area contributed by atoms with E-state index in [0.717, 1.165) is 11.3 Å². The van der Waals surface area contributed by atoms with Crippen LogP contribution in [0.15, 0.2) is 42.1 Å². The van der Waals surface area contributed by atoms with Crippen LogP contribution < -0.4 is 4.74 Å². The van der Waals surface area contributed by atoms with Crippen LogP contribution in [0.25, 0.3) is 0 Å². The molecule has 2 aromatic rings. The topological polar surface area (TPSA) is 61.5 Å². The molecule has 0 aliphatic heterocycles. The van der Waals surface area contributed by atoms with Gasteiger partial charge in [0.1, 0.15) is 24.5 Å². The second-order valence-corrected chi connectivity index (χ2v) is 5.64. The van der Waals surface area contributed by atoms with E-state index in [1.807, 2.05) is 38.1 Å². The molecular formula is C16H22N4O2. The van der Waals surface area contributed by atoms with Crippen LogP contribution in [0.1, 0.15) is 33.3 Å². The van der Waals surface area contributed by atoms with E-state index in [1.54, 1.807) is 11.0 Å². The molecule has 118 valence electrons. The summed E-state index contributed by atoms with van der Waals surface area (Å²) in [4.78, 5) is 9.34. The van der Waals surface area contributed by atoms with E-state index in [9.17, 15) is 0 Å². The average Bonchev–Trinajstić information content (AvgIpc) is 2.99. The molecule has 1 heterocycles. The number of hydrogen-bond acceptors (Lipinski definition) is 5. The lowest BCUT2D eigenvalue weighted by Gasteiger charge is -2.11. The summed E-state index contributed by atoms with van der Waals surface area (Å²) in [5.41, 5.74) is 0.854. The number of oxime groups is 1. The van der Waals surface area contributed by atoms with E-state index in [2.05, 4.69) is 29.1 Å². The van der Waals surface area contributed by atoms with Crippen molar-refractivity contribution in [2.75, 3.05) is 6.61 Å². The van der Waals surface area contributed by atoms with Crippen molar-refractivity contribution in [3.63, 3.8) is 0 Å². The largest absolute Gasteiger partial charge is 0.493 e. The summed E-state index contributed by atoms with van der Waals surface area (Å²) in [6.45, 7) is 8.74. The van der Waals surface area contributed by atoms with Gasteiger partial charge in [0.15, 0.2) is 0 Å². The second-order valence-electron chi connectivity index (χ2n) is 5.64. The fourth-order valence-electron chi connectivity index (χ4n) is 1.69. The molecule has 0 unspecified atom stereocenters. The van der Waals surface area contributed by atoms with Crippen molar-refractivity contribution in [2.45, 2.75) is 33.8 Å². The van der Waals surface area contributed by atoms with Crippen LogP contribution in [-0.2, 0) is 4.84 Å². The first-order valence-electron chi connectivity index (χ1n) is 7.38. The first-order chi connectivity index (χ1) is 10.6. The lowest BCUT2D eigenvalue weighted by atomic mass is 10.2. The van der Waals surface area contributed by atoms with E-state index in [4.69, 9.17) is 9.57 Å². The minimum atomic E-state index is -0.0149. The quantitative estimate of drug-likeness (QED) is 0.467. The van der Waals surface area contributed by atoms with Crippen molar-refractivity contribution in [1.82, 2.24) is 14.8 Å². The van der Waals surface area contributed by atoms with E-state index in [-0.39, 0.29) is 6.10 Å². The Bertz CT molecular complexity index is 606. The Morgan fingerprint density at radius 3 is 2.73 bits per heavy atom. The predicted molar refractivity (Wildman–Crippen MR) is 85.0 cm³/mol. The fraction of sp³-hybridized carbons (Fsp3) is 0.438. The number of hydrogen-bond donors (Lipinski definition) is 0. The summed E-state index contributed by atoms with van der Waals surface area (Å²) < 4.78 is 7.33. The highest BCUT2D eigenvalue weighted by molar-refractivity contribution is 5.99. The molecule has 0 saturated carbocycles. The van der Waals surface area contributed by atoms with E-state index in [0.29, 0.717) is 18.4 Å². The summed E-state index contributed by atoms with van der Waals surface area (Å²) in [6.07, 6.45) is 3.03. The molecule has 0 N–H and O–H groups in total. The Hall–Kier alpha value is -2.37. The molecule has 0 aliphatic rings. The van der Waals surface area contributed by atoms with Crippen LogP contribution in [-0.4, -0.2) is 33.3 Å². The highest BCUT2D eigenvalue weighted by Gasteiger charge is 2.10. The molecule has 0 bridgehead atoms. The molecule has 2 rings (SSSR count). The van der Waals surface area contributed by atoms with Crippen molar-refractivity contribution < 1.29 is 9.57 Å². The summed E-state index contributed by atoms with van der Waals surface area (Å²) in [7, 11) is 0. The van der Waals surface area contributed by atoms with Gasteiger partial charge in [0.25, 0.3) is 0 Å². The monoisotopic (exact) mass is 302 g/mol. The molecular weight excluding hydrogens is 280 g/mol.